The fourth-order valence-corrected chi connectivity index (χ4v) is 2.98. The molecule has 2 aromatic rings. The van der Waals surface area contributed by atoms with E-state index in [2.05, 4.69) is 5.32 Å². The maximum atomic E-state index is 12.6. The molecule has 0 saturated carbocycles. The third kappa shape index (κ3) is 2.88. The first-order chi connectivity index (χ1) is 11.6. The number of amides is 3. The number of hydrogen-bond donors (Lipinski definition) is 2. The summed E-state index contributed by atoms with van der Waals surface area (Å²) >= 11 is 0. The van der Waals surface area contributed by atoms with Gasteiger partial charge in [-0.1, -0.05) is 24.3 Å². The smallest absolute Gasteiger partial charge is 0.261 e. The maximum Gasteiger partial charge on any atom is 0.261 e. The fraction of sp³-hybridized carbons (Fsp3) is 0.278. The molecule has 6 heteroatoms. The van der Waals surface area contributed by atoms with Gasteiger partial charge in [-0.05, 0) is 23.9 Å². The van der Waals surface area contributed by atoms with E-state index in [1.807, 2.05) is 24.3 Å². The van der Waals surface area contributed by atoms with Gasteiger partial charge < -0.3 is 11.1 Å². The Labute approximate surface area is 139 Å². The van der Waals surface area contributed by atoms with Crippen LogP contribution in [0.25, 0.3) is 10.8 Å². The van der Waals surface area contributed by atoms with Crippen LogP contribution in [-0.4, -0.2) is 42.3 Å². The molecule has 0 aliphatic carbocycles. The average Bonchev–Trinajstić information content (AvgIpc) is 2.60. The second-order valence-electron chi connectivity index (χ2n) is 5.71. The first kappa shape index (κ1) is 16.1. The Bertz CT molecular complexity index is 766. The van der Waals surface area contributed by atoms with Gasteiger partial charge in [0.1, 0.15) is 0 Å². The van der Waals surface area contributed by atoms with Crippen LogP contribution in [0.3, 0.4) is 0 Å². The van der Waals surface area contributed by atoms with Gasteiger partial charge in [-0.25, -0.2) is 0 Å². The summed E-state index contributed by atoms with van der Waals surface area (Å²) in [6.45, 7) is 1.03. The van der Waals surface area contributed by atoms with Crippen molar-refractivity contribution in [3.8, 4) is 0 Å². The zero-order chi connectivity index (χ0) is 17.1. The Hall–Kier alpha value is -2.73. The van der Waals surface area contributed by atoms with E-state index in [9.17, 15) is 14.4 Å². The molecular weight excluding hydrogens is 306 g/mol. The van der Waals surface area contributed by atoms with Crippen LogP contribution in [0.2, 0.25) is 0 Å². The highest BCUT2D eigenvalue weighted by Crippen LogP contribution is 2.29. The lowest BCUT2D eigenvalue weighted by Gasteiger charge is -2.27. The predicted molar refractivity (Wildman–Crippen MR) is 90.6 cm³/mol. The van der Waals surface area contributed by atoms with Crippen LogP contribution < -0.4 is 11.1 Å². The second-order valence-corrected chi connectivity index (χ2v) is 5.71. The Balaban J connectivity index is 1.77. The van der Waals surface area contributed by atoms with E-state index in [4.69, 9.17) is 5.73 Å². The SMILES string of the molecule is NCCNC(=O)CCCN1C(=O)c2cccc3cccc(c23)C1=O. The van der Waals surface area contributed by atoms with Crippen LogP contribution in [0.1, 0.15) is 33.6 Å². The topological polar surface area (TPSA) is 92.5 Å². The standard InChI is InChI=1S/C18H19N3O3/c19-9-10-20-15(22)8-3-11-21-17(23)13-6-1-4-12-5-2-7-14(16(12)13)18(21)24/h1-2,4-7H,3,8-11,19H2,(H,20,22). The third-order valence-electron chi connectivity index (χ3n) is 4.11. The molecule has 1 heterocycles. The third-order valence-corrected chi connectivity index (χ3v) is 4.11. The van der Waals surface area contributed by atoms with Crippen molar-refractivity contribution in [1.82, 2.24) is 10.2 Å². The highest BCUT2D eigenvalue weighted by atomic mass is 16.2. The summed E-state index contributed by atoms with van der Waals surface area (Å²) in [5.41, 5.74) is 6.40. The van der Waals surface area contributed by atoms with Gasteiger partial charge in [0, 0.05) is 42.6 Å². The lowest BCUT2D eigenvalue weighted by atomic mass is 9.94. The quantitative estimate of drug-likeness (QED) is 0.783. The number of carbonyl (C=O) groups is 3. The number of nitrogens with two attached hydrogens (primary N) is 1. The molecule has 0 bridgehead atoms. The van der Waals surface area contributed by atoms with Crippen LogP contribution >= 0.6 is 0 Å². The van der Waals surface area contributed by atoms with Crippen LogP contribution in [-0.2, 0) is 4.79 Å². The lowest BCUT2D eigenvalue weighted by molar-refractivity contribution is -0.121. The highest BCUT2D eigenvalue weighted by molar-refractivity contribution is 6.25. The Morgan fingerprint density at radius 1 is 1.04 bits per heavy atom. The van der Waals surface area contributed by atoms with Gasteiger partial charge >= 0.3 is 0 Å². The van der Waals surface area contributed by atoms with Gasteiger partial charge in [-0.15, -0.1) is 0 Å². The first-order valence-corrected chi connectivity index (χ1v) is 7.98. The van der Waals surface area contributed by atoms with E-state index < -0.39 is 0 Å². The molecule has 0 unspecified atom stereocenters. The minimum Gasteiger partial charge on any atom is -0.355 e. The molecule has 0 spiro atoms. The van der Waals surface area contributed by atoms with Gasteiger partial charge in [0.15, 0.2) is 0 Å². The summed E-state index contributed by atoms with van der Waals surface area (Å²) < 4.78 is 0. The normalized spacial score (nSPS) is 13.5. The van der Waals surface area contributed by atoms with Crippen LogP contribution in [0.5, 0.6) is 0 Å². The zero-order valence-electron chi connectivity index (χ0n) is 13.2. The fourth-order valence-electron chi connectivity index (χ4n) is 2.98. The number of nitrogens with zero attached hydrogens (tertiary/aromatic N) is 1. The summed E-state index contributed by atoms with van der Waals surface area (Å²) in [6.07, 6.45) is 0.676. The molecule has 124 valence electrons. The molecular formula is C18H19N3O3. The maximum absolute atomic E-state index is 12.6. The van der Waals surface area contributed by atoms with Crippen molar-refractivity contribution >= 4 is 28.5 Å². The van der Waals surface area contributed by atoms with Gasteiger partial charge in [-0.2, -0.15) is 0 Å². The van der Waals surface area contributed by atoms with Crippen molar-refractivity contribution < 1.29 is 14.4 Å². The van der Waals surface area contributed by atoms with E-state index in [1.54, 1.807) is 12.1 Å². The summed E-state index contributed by atoms with van der Waals surface area (Å²) in [4.78, 5) is 38.1. The van der Waals surface area contributed by atoms with E-state index in [0.29, 0.717) is 36.0 Å². The van der Waals surface area contributed by atoms with Crippen LogP contribution in [0.15, 0.2) is 36.4 Å². The van der Waals surface area contributed by atoms with Crippen molar-refractivity contribution in [1.29, 1.82) is 0 Å². The molecule has 1 aliphatic heterocycles. The predicted octanol–water partition coefficient (Wildman–Crippen LogP) is 1.29. The van der Waals surface area contributed by atoms with E-state index in [1.165, 1.54) is 4.90 Å². The molecule has 3 N–H and O–H groups in total. The van der Waals surface area contributed by atoms with Crippen LogP contribution in [0, 0.1) is 0 Å². The van der Waals surface area contributed by atoms with Gasteiger partial charge in [-0.3, -0.25) is 19.3 Å². The van der Waals surface area contributed by atoms with Gasteiger partial charge in [0.2, 0.25) is 5.91 Å². The minimum absolute atomic E-state index is 0.125. The van der Waals surface area contributed by atoms with Crippen LogP contribution in [0.4, 0.5) is 0 Å². The molecule has 6 nitrogen and oxygen atoms in total. The van der Waals surface area contributed by atoms with E-state index in [0.717, 1.165) is 5.39 Å². The number of rotatable bonds is 6. The number of hydrogen-bond acceptors (Lipinski definition) is 4. The molecule has 0 saturated heterocycles. The Morgan fingerprint density at radius 3 is 2.25 bits per heavy atom. The molecule has 0 atom stereocenters. The molecule has 0 fully saturated rings. The molecule has 0 radical (unpaired) electrons. The van der Waals surface area contributed by atoms with Crippen molar-refractivity contribution in [3.63, 3.8) is 0 Å². The zero-order valence-corrected chi connectivity index (χ0v) is 13.2. The van der Waals surface area contributed by atoms with Crippen molar-refractivity contribution in [2.75, 3.05) is 19.6 Å². The highest BCUT2D eigenvalue weighted by Gasteiger charge is 2.32. The molecule has 3 rings (SSSR count). The van der Waals surface area contributed by atoms with E-state index >= 15 is 0 Å². The second kappa shape index (κ2) is 6.80. The summed E-state index contributed by atoms with van der Waals surface area (Å²) in [6, 6.07) is 10.9. The molecule has 2 aromatic carbocycles. The van der Waals surface area contributed by atoms with Crippen molar-refractivity contribution in [2.45, 2.75) is 12.8 Å². The number of imide groups is 1. The number of benzene rings is 2. The molecule has 0 aromatic heterocycles. The summed E-state index contributed by atoms with van der Waals surface area (Å²) in [5, 5.41) is 4.27. The van der Waals surface area contributed by atoms with Gasteiger partial charge in [0.25, 0.3) is 11.8 Å². The lowest BCUT2D eigenvalue weighted by Crippen LogP contribution is -2.41. The first-order valence-electron chi connectivity index (χ1n) is 7.98. The molecule has 24 heavy (non-hydrogen) atoms. The van der Waals surface area contributed by atoms with E-state index in [-0.39, 0.29) is 30.7 Å². The van der Waals surface area contributed by atoms with Gasteiger partial charge in [0.05, 0.1) is 0 Å². The average molecular weight is 325 g/mol. The number of nitrogens with one attached hydrogen (secondary N) is 1. The molecule has 3 amide bonds. The monoisotopic (exact) mass is 325 g/mol. The Kier molecular flexibility index (Phi) is 4.57. The van der Waals surface area contributed by atoms with Crippen molar-refractivity contribution in [3.05, 3.63) is 47.5 Å². The minimum atomic E-state index is -0.299. The number of carbonyl (C=O) groups excluding carboxylic acids is 3. The largest absolute Gasteiger partial charge is 0.355 e. The van der Waals surface area contributed by atoms with Crippen molar-refractivity contribution in [2.24, 2.45) is 5.73 Å². The summed E-state index contributed by atoms with van der Waals surface area (Å²) in [7, 11) is 0. The molecule has 1 aliphatic rings. The Morgan fingerprint density at radius 2 is 1.67 bits per heavy atom. The summed E-state index contributed by atoms with van der Waals surface area (Å²) in [5.74, 6) is -0.724.